The first-order chi connectivity index (χ1) is 9.65. The van der Waals surface area contributed by atoms with Crippen LogP contribution in [0.2, 0.25) is 5.28 Å². The van der Waals surface area contributed by atoms with Gasteiger partial charge in [-0.2, -0.15) is 9.97 Å². The number of aryl methyl sites for hydroxylation is 1. The van der Waals surface area contributed by atoms with Crippen molar-refractivity contribution < 1.29 is 0 Å². The lowest BCUT2D eigenvalue weighted by Crippen LogP contribution is -2.18. The second-order valence-corrected chi connectivity index (χ2v) is 5.02. The molecule has 2 heterocycles. The third-order valence-electron chi connectivity index (χ3n) is 3.14. The van der Waals surface area contributed by atoms with Crippen molar-refractivity contribution in [2.45, 2.75) is 6.54 Å². The van der Waals surface area contributed by atoms with Crippen molar-refractivity contribution in [3.05, 3.63) is 47.5 Å². The summed E-state index contributed by atoms with van der Waals surface area (Å²) in [7, 11) is 3.86. The molecule has 3 rings (SSSR count). The summed E-state index contributed by atoms with van der Waals surface area (Å²) in [5.41, 5.74) is 2.70. The summed E-state index contributed by atoms with van der Waals surface area (Å²) in [5.74, 6) is 0.740. The van der Waals surface area contributed by atoms with Crippen LogP contribution in [0.1, 0.15) is 5.56 Å². The van der Waals surface area contributed by atoms with E-state index in [9.17, 15) is 0 Å². The van der Waals surface area contributed by atoms with Gasteiger partial charge in [0.2, 0.25) is 5.28 Å². The monoisotopic (exact) mass is 287 g/mol. The van der Waals surface area contributed by atoms with E-state index >= 15 is 0 Å². The molecule has 0 aliphatic heterocycles. The van der Waals surface area contributed by atoms with Crippen molar-refractivity contribution in [1.82, 2.24) is 19.5 Å². The Morgan fingerprint density at radius 3 is 2.70 bits per heavy atom. The summed E-state index contributed by atoms with van der Waals surface area (Å²) in [4.78, 5) is 14.9. The van der Waals surface area contributed by atoms with Gasteiger partial charge < -0.3 is 9.47 Å². The molecule has 0 aliphatic carbocycles. The molecule has 0 aliphatic rings. The van der Waals surface area contributed by atoms with Crippen molar-refractivity contribution >= 4 is 28.6 Å². The van der Waals surface area contributed by atoms with E-state index in [1.54, 1.807) is 6.33 Å². The summed E-state index contributed by atoms with van der Waals surface area (Å²) in [5, 5.41) is 0.232. The van der Waals surface area contributed by atoms with Gasteiger partial charge in [0, 0.05) is 20.6 Å². The van der Waals surface area contributed by atoms with Gasteiger partial charge in [-0.15, -0.1) is 0 Å². The lowest BCUT2D eigenvalue weighted by atomic mass is 10.2. The fraction of sp³-hybridized carbons (Fsp3) is 0.214. The molecule has 0 fully saturated rings. The number of imidazole rings is 1. The second-order valence-electron chi connectivity index (χ2n) is 4.69. The first-order valence-electron chi connectivity index (χ1n) is 6.25. The van der Waals surface area contributed by atoms with E-state index in [2.05, 4.69) is 27.1 Å². The molecule has 0 atom stereocenters. The number of fused-ring (bicyclic) bond motifs is 1. The Morgan fingerprint density at radius 1 is 1.20 bits per heavy atom. The third-order valence-corrected chi connectivity index (χ3v) is 3.31. The maximum atomic E-state index is 6.01. The number of hydrogen-bond donors (Lipinski definition) is 0. The van der Waals surface area contributed by atoms with Crippen LogP contribution in [0.15, 0.2) is 36.7 Å². The van der Waals surface area contributed by atoms with Gasteiger partial charge in [0.05, 0.1) is 6.33 Å². The molecule has 20 heavy (non-hydrogen) atoms. The van der Waals surface area contributed by atoms with Crippen molar-refractivity contribution in [2.24, 2.45) is 7.05 Å². The fourth-order valence-corrected chi connectivity index (χ4v) is 2.32. The van der Waals surface area contributed by atoms with Crippen molar-refractivity contribution in [1.29, 1.82) is 0 Å². The molecule has 6 heteroatoms. The Kier molecular flexibility index (Phi) is 3.28. The second kappa shape index (κ2) is 5.09. The quantitative estimate of drug-likeness (QED) is 0.695. The number of nitrogens with zero attached hydrogens (tertiary/aromatic N) is 5. The van der Waals surface area contributed by atoms with Gasteiger partial charge in [-0.1, -0.05) is 30.3 Å². The van der Waals surface area contributed by atoms with E-state index in [-0.39, 0.29) is 5.28 Å². The molecule has 0 saturated heterocycles. The van der Waals surface area contributed by atoms with Crippen LogP contribution in [-0.2, 0) is 13.6 Å². The Hall–Kier alpha value is -2.14. The van der Waals surface area contributed by atoms with E-state index < -0.39 is 0 Å². The normalized spacial score (nSPS) is 10.9. The van der Waals surface area contributed by atoms with Gasteiger partial charge >= 0.3 is 0 Å². The molecule has 0 spiro atoms. The van der Waals surface area contributed by atoms with Crippen molar-refractivity contribution in [3.63, 3.8) is 0 Å². The Bertz CT molecular complexity index is 738. The predicted octanol–water partition coefficient (Wildman–Crippen LogP) is 2.65. The molecule has 0 N–H and O–H groups in total. The highest BCUT2D eigenvalue weighted by molar-refractivity contribution is 6.28. The average molecular weight is 288 g/mol. The highest BCUT2D eigenvalue weighted by atomic mass is 35.5. The highest BCUT2D eigenvalue weighted by Crippen LogP contribution is 2.24. The van der Waals surface area contributed by atoms with Crippen LogP contribution in [0.3, 0.4) is 0 Å². The molecule has 5 nitrogen and oxygen atoms in total. The number of rotatable bonds is 3. The van der Waals surface area contributed by atoms with Crippen LogP contribution in [0.25, 0.3) is 11.2 Å². The van der Waals surface area contributed by atoms with Gasteiger partial charge in [-0.3, -0.25) is 0 Å². The minimum Gasteiger partial charge on any atom is -0.353 e. The number of aromatic nitrogens is 4. The standard InChI is InChI=1S/C14H14ClN5/c1-19(8-10-6-4-3-5-7-10)12-11-13(18-14(15)17-12)20(2)9-16-11/h3-7,9H,8H2,1-2H3. The van der Waals surface area contributed by atoms with Gasteiger partial charge in [-0.25, -0.2) is 4.98 Å². The average Bonchev–Trinajstić information content (AvgIpc) is 2.81. The summed E-state index contributed by atoms with van der Waals surface area (Å²) >= 11 is 6.01. The van der Waals surface area contributed by atoms with E-state index in [4.69, 9.17) is 11.6 Å². The number of benzene rings is 1. The Balaban J connectivity index is 2.01. The van der Waals surface area contributed by atoms with Gasteiger partial charge in [0.1, 0.15) is 0 Å². The number of hydrogen-bond acceptors (Lipinski definition) is 4. The Morgan fingerprint density at radius 2 is 1.95 bits per heavy atom. The first kappa shape index (κ1) is 12.9. The van der Waals surface area contributed by atoms with E-state index in [1.165, 1.54) is 5.56 Å². The molecule has 1 aromatic carbocycles. The molecular weight excluding hydrogens is 274 g/mol. The molecule has 2 aromatic heterocycles. The molecule has 0 unspecified atom stereocenters. The molecule has 0 amide bonds. The van der Waals surface area contributed by atoms with Crippen LogP contribution < -0.4 is 4.90 Å². The van der Waals surface area contributed by atoms with Crippen molar-refractivity contribution in [2.75, 3.05) is 11.9 Å². The van der Waals surface area contributed by atoms with Gasteiger partial charge in [0.25, 0.3) is 0 Å². The van der Waals surface area contributed by atoms with Crippen LogP contribution in [0.4, 0.5) is 5.82 Å². The zero-order valence-corrected chi connectivity index (χ0v) is 12.0. The van der Waals surface area contributed by atoms with Crippen molar-refractivity contribution in [3.8, 4) is 0 Å². The summed E-state index contributed by atoms with van der Waals surface area (Å²) < 4.78 is 1.84. The largest absolute Gasteiger partial charge is 0.353 e. The lowest BCUT2D eigenvalue weighted by Gasteiger charge is -2.18. The molecular formula is C14H14ClN5. The van der Waals surface area contributed by atoms with E-state index in [1.807, 2.05) is 41.8 Å². The summed E-state index contributed by atoms with van der Waals surface area (Å²) in [6, 6.07) is 10.2. The maximum Gasteiger partial charge on any atom is 0.226 e. The van der Waals surface area contributed by atoms with E-state index in [0.29, 0.717) is 0 Å². The van der Waals surface area contributed by atoms with Gasteiger partial charge in [-0.05, 0) is 17.2 Å². The molecule has 102 valence electrons. The maximum absolute atomic E-state index is 6.01. The molecule has 0 radical (unpaired) electrons. The fourth-order valence-electron chi connectivity index (χ4n) is 2.16. The number of halogens is 1. The molecule has 0 bridgehead atoms. The van der Waals surface area contributed by atoms with Crippen LogP contribution >= 0.6 is 11.6 Å². The first-order valence-corrected chi connectivity index (χ1v) is 6.62. The third kappa shape index (κ3) is 2.32. The van der Waals surface area contributed by atoms with Crippen LogP contribution in [0, 0.1) is 0 Å². The summed E-state index contributed by atoms with van der Waals surface area (Å²) in [6.07, 6.45) is 1.72. The molecule has 0 saturated carbocycles. The lowest BCUT2D eigenvalue weighted by molar-refractivity contribution is 0.894. The topological polar surface area (TPSA) is 46.8 Å². The zero-order chi connectivity index (χ0) is 14.1. The highest BCUT2D eigenvalue weighted by Gasteiger charge is 2.14. The SMILES string of the molecule is CN(Cc1ccccc1)c1nc(Cl)nc2c1ncn2C. The van der Waals surface area contributed by atoms with Crippen LogP contribution in [0.5, 0.6) is 0 Å². The Labute approximate surface area is 121 Å². The summed E-state index contributed by atoms with van der Waals surface area (Å²) in [6.45, 7) is 0.736. The van der Waals surface area contributed by atoms with Crippen LogP contribution in [-0.4, -0.2) is 26.6 Å². The molecule has 3 aromatic rings. The smallest absolute Gasteiger partial charge is 0.226 e. The number of anilines is 1. The minimum absolute atomic E-state index is 0.232. The predicted molar refractivity (Wildman–Crippen MR) is 79.9 cm³/mol. The van der Waals surface area contributed by atoms with Gasteiger partial charge in [0.15, 0.2) is 17.0 Å². The zero-order valence-electron chi connectivity index (χ0n) is 11.3. The minimum atomic E-state index is 0.232. The van der Waals surface area contributed by atoms with E-state index in [0.717, 1.165) is 23.5 Å².